The topological polar surface area (TPSA) is 67.9 Å². The van der Waals surface area contributed by atoms with Crippen LogP contribution in [-0.4, -0.2) is 49.2 Å². The fourth-order valence-electron chi connectivity index (χ4n) is 2.57. The minimum atomic E-state index is -0.423. The van der Waals surface area contributed by atoms with Crippen LogP contribution in [0.3, 0.4) is 0 Å². The molecular weight excluding hydrogens is 272 g/mol. The first-order valence-electron chi connectivity index (χ1n) is 7.09. The second-order valence-corrected chi connectivity index (χ2v) is 5.25. The standard InChI is InChI=1S/C15H18N2O4/c18-14(9-17-5-6-20-15(17)19)16-8-13-7-11-3-1-2-4-12(11)10-21-13/h1-4,13H,5-10H2,(H,16,18). The van der Waals surface area contributed by atoms with E-state index in [1.165, 1.54) is 16.0 Å². The van der Waals surface area contributed by atoms with Crippen molar-refractivity contribution in [2.45, 2.75) is 19.1 Å². The van der Waals surface area contributed by atoms with Gasteiger partial charge in [0.05, 0.1) is 19.3 Å². The smallest absolute Gasteiger partial charge is 0.410 e. The molecule has 1 atom stereocenters. The van der Waals surface area contributed by atoms with E-state index >= 15 is 0 Å². The van der Waals surface area contributed by atoms with Crippen LogP contribution in [0.25, 0.3) is 0 Å². The van der Waals surface area contributed by atoms with Crippen molar-refractivity contribution >= 4 is 12.0 Å². The number of rotatable bonds is 4. The molecule has 0 radical (unpaired) electrons. The van der Waals surface area contributed by atoms with Crippen molar-refractivity contribution in [1.82, 2.24) is 10.2 Å². The lowest BCUT2D eigenvalue weighted by atomic mass is 9.99. The molecule has 21 heavy (non-hydrogen) atoms. The van der Waals surface area contributed by atoms with Gasteiger partial charge in [-0.3, -0.25) is 9.69 Å². The molecule has 1 saturated heterocycles. The van der Waals surface area contributed by atoms with Crippen molar-refractivity contribution in [2.24, 2.45) is 0 Å². The van der Waals surface area contributed by atoms with Gasteiger partial charge < -0.3 is 14.8 Å². The van der Waals surface area contributed by atoms with E-state index in [2.05, 4.69) is 17.4 Å². The number of cyclic esters (lactones) is 1. The maximum absolute atomic E-state index is 11.8. The highest BCUT2D eigenvalue weighted by atomic mass is 16.6. The number of hydrogen-bond donors (Lipinski definition) is 1. The highest BCUT2D eigenvalue weighted by molar-refractivity contribution is 5.82. The summed E-state index contributed by atoms with van der Waals surface area (Å²) in [6.45, 7) is 1.90. The number of ether oxygens (including phenoxy) is 2. The minimum absolute atomic E-state index is 0.0191. The van der Waals surface area contributed by atoms with E-state index in [1.54, 1.807) is 0 Å². The van der Waals surface area contributed by atoms with Gasteiger partial charge in [0, 0.05) is 13.0 Å². The Hall–Kier alpha value is -2.08. The van der Waals surface area contributed by atoms with E-state index in [-0.39, 0.29) is 18.6 Å². The number of benzene rings is 1. The number of nitrogens with one attached hydrogen (secondary N) is 1. The van der Waals surface area contributed by atoms with Crippen LogP contribution in [0.15, 0.2) is 24.3 Å². The highest BCUT2D eigenvalue weighted by Gasteiger charge is 2.25. The Labute approximate surface area is 123 Å². The molecule has 1 fully saturated rings. The third-order valence-corrected chi connectivity index (χ3v) is 3.75. The molecule has 0 aliphatic carbocycles. The molecule has 0 bridgehead atoms. The molecule has 112 valence electrons. The highest BCUT2D eigenvalue weighted by Crippen LogP contribution is 2.19. The number of amides is 2. The Morgan fingerprint density at radius 2 is 2.14 bits per heavy atom. The van der Waals surface area contributed by atoms with Crippen molar-refractivity contribution in [3.05, 3.63) is 35.4 Å². The van der Waals surface area contributed by atoms with Gasteiger partial charge in [0.25, 0.3) is 0 Å². The SMILES string of the molecule is O=C(CN1CCOC1=O)NCC1Cc2ccccc2CO1. The van der Waals surface area contributed by atoms with E-state index in [9.17, 15) is 9.59 Å². The molecular formula is C15H18N2O4. The number of carbonyl (C=O) groups excluding carboxylic acids is 2. The van der Waals surface area contributed by atoms with Crippen molar-refractivity contribution in [1.29, 1.82) is 0 Å². The van der Waals surface area contributed by atoms with Gasteiger partial charge in [-0.25, -0.2) is 4.79 Å². The average Bonchev–Trinajstić information content (AvgIpc) is 2.90. The summed E-state index contributed by atoms with van der Waals surface area (Å²) in [4.78, 5) is 24.5. The molecule has 2 aliphatic rings. The summed E-state index contributed by atoms with van der Waals surface area (Å²) in [6.07, 6.45) is 0.352. The predicted octanol–water partition coefficient (Wildman–Crippen LogP) is 0.696. The fourth-order valence-corrected chi connectivity index (χ4v) is 2.57. The maximum Gasteiger partial charge on any atom is 0.410 e. The molecule has 1 N–H and O–H groups in total. The first-order valence-corrected chi connectivity index (χ1v) is 7.09. The molecule has 6 heteroatoms. The van der Waals surface area contributed by atoms with Crippen LogP contribution < -0.4 is 5.32 Å². The first kappa shape index (κ1) is 13.9. The van der Waals surface area contributed by atoms with Gasteiger partial charge in [0.1, 0.15) is 13.2 Å². The summed E-state index contributed by atoms with van der Waals surface area (Å²) in [5.41, 5.74) is 2.48. The number of hydrogen-bond acceptors (Lipinski definition) is 4. The zero-order valence-electron chi connectivity index (χ0n) is 11.7. The lowest BCUT2D eigenvalue weighted by Crippen LogP contribution is -2.42. The average molecular weight is 290 g/mol. The van der Waals surface area contributed by atoms with E-state index < -0.39 is 6.09 Å². The lowest BCUT2D eigenvalue weighted by molar-refractivity contribution is -0.122. The second kappa shape index (κ2) is 6.13. The Morgan fingerprint density at radius 1 is 1.33 bits per heavy atom. The summed E-state index contributed by atoms with van der Waals surface area (Å²) in [5.74, 6) is -0.184. The molecule has 2 aliphatic heterocycles. The second-order valence-electron chi connectivity index (χ2n) is 5.25. The van der Waals surface area contributed by atoms with Gasteiger partial charge in [-0.15, -0.1) is 0 Å². The van der Waals surface area contributed by atoms with E-state index in [0.717, 1.165) is 6.42 Å². The summed E-state index contributed by atoms with van der Waals surface area (Å²) >= 11 is 0. The maximum atomic E-state index is 11.8. The molecule has 2 amide bonds. The Kier molecular flexibility index (Phi) is 4.06. The van der Waals surface area contributed by atoms with Crippen molar-refractivity contribution < 1.29 is 19.1 Å². The van der Waals surface area contributed by atoms with Crippen LogP contribution in [0.2, 0.25) is 0 Å². The summed E-state index contributed by atoms with van der Waals surface area (Å²) in [7, 11) is 0. The molecule has 0 aromatic heterocycles. The predicted molar refractivity (Wildman–Crippen MR) is 74.7 cm³/mol. The number of nitrogens with zero attached hydrogens (tertiary/aromatic N) is 1. The van der Waals surface area contributed by atoms with Gasteiger partial charge in [-0.05, 0) is 11.1 Å². The van der Waals surface area contributed by atoms with E-state index in [4.69, 9.17) is 9.47 Å². The Bertz CT molecular complexity index is 546. The van der Waals surface area contributed by atoms with Gasteiger partial charge in [-0.1, -0.05) is 24.3 Å². The monoisotopic (exact) mass is 290 g/mol. The summed E-state index contributed by atoms with van der Waals surface area (Å²) < 4.78 is 10.5. The van der Waals surface area contributed by atoms with Gasteiger partial charge in [0.15, 0.2) is 0 Å². The van der Waals surface area contributed by atoms with E-state index in [1.807, 2.05) is 12.1 Å². The fraction of sp³-hybridized carbons (Fsp3) is 0.467. The molecule has 1 aromatic carbocycles. The molecule has 3 rings (SSSR count). The van der Waals surface area contributed by atoms with Crippen LogP contribution in [-0.2, 0) is 27.3 Å². The van der Waals surface area contributed by atoms with Crippen LogP contribution in [0.1, 0.15) is 11.1 Å². The third kappa shape index (κ3) is 3.33. The van der Waals surface area contributed by atoms with Crippen LogP contribution >= 0.6 is 0 Å². The van der Waals surface area contributed by atoms with Gasteiger partial charge in [0.2, 0.25) is 5.91 Å². The third-order valence-electron chi connectivity index (χ3n) is 3.75. The zero-order chi connectivity index (χ0) is 14.7. The molecule has 2 heterocycles. The van der Waals surface area contributed by atoms with Crippen LogP contribution in [0.4, 0.5) is 4.79 Å². The molecule has 1 unspecified atom stereocenters. The van der Waals surface area contributed by atoms with Crippen molar-refractivity contribution in [3.8, 4) is 0 Å². The Morgan fingerprint density at radius 3 is 2.90 bits per heavy atom. The largest absolute Gasteiger partial charge is 0.448 e. The Balaban J connectivity index is 1.45. The van der Waals surface area contributed by atoms with E-state index in [0.29, 0.717) is 26.3 Å². The van der Waals surface area contributed by atoms with Crippen molar-refractivity contribution in [3.63, 3.8) is 0 Å². The first-order chi connectivity index (χ1) is 10.2. The summed E-state index contributed by atoms with van der Waals surface area (Å²) in [5, 5.41) is 2.82. The number of fused-ring (bicyclic) bond motifs is 1. The summed E-state index contributed by atoms with van der Waals surface area (Å²) in [6, 6.07) is 8.16. The van der Waals surface area contributed by atoms with Gasteiger partial charge >= 0.3 is 6.09 Å². The minimum Gasteiger partial charge on any atom is -0.448 e. The molecule has 0 spiro atoms. The van der Waals surface area contributed by atoms with Crippen molar-refractivity contribution in [2.75, 3.05) is 26.2 Å². The quantitative estimate of drug-likeness (QED) is 0.886. The normalized spacial score (nSPS) is 20.9. The molecule has 0 saturated carbocycles. The molecule has 1 aromatic rings. The van der Waals surface area contributed by atoms with Crippen LogP contribution in [0, 0.1) is 0 Å². The number of carbonyl (C=O) groups is 2. The zero-order valence-corrected chi connectivity index (χ0v) is 11.7. The van der Waals surface area contributed by atoms with Gasteiger partial charge in [-0.2, -0.15) is 0 Å². The molecule has 6 nitrogen and oxygen atoms in total. The lowest BCUT2D eigenvalue weighted by Gasteiger charge is -2.25. The van der Waals surface area contributed by atoms with Crippen LogP contribution in [0.5, 0.6) is 0 Å².